The van der Waals surface area contributed by atoms with Crippen molar-refractivity contribution in [2.24, 2.45) is 19.5 Å². The highest BCUT2D eigenvalue weighted by Gasteiger charge is 2.24. The van der Waals surface area contributed by atoms with E-state index in [4.69, 9.17) is 0 Å². The van der Waals surface area contributed by atoms with Gasteiger partial charge in [0.2, 0.25) is 5.91 Å². The first-order valence-electron chi connectivity index (χ1n) is 9.51. The summed E-state index contributed by atoms with van der Waals surface area (Å²) in [5.74, 6) is -0.347. The normalized spacial score (nSPS) is 12.7. The van der Waals surface area contributed by atoms with Crippen LogP contribution >= 0.6 is 0 Å². The van der Waals surface area contributed by atoms with Crippen molar-refractivity contribution in [3.05, 3.63) is 57.0 Å². The maximum Gasteiger partial charge on any atom is 0.332 e. The Labute approximate surface area is 173 Å². The van der Waals surface area contributed by atoms with Gasteiger partial charge in [0.15, 0.2) is 16.9 Å². The van der Waals surface area contributed by atoms with Gasteiger partial charge in [-0.15, -0.1) is 0 Å². The van der Waals surface area contributed by atoms with Crippen molar-refractivity contribution in [3.63, 3.8) is 0 Å². The Hall–Kier alpha value is -3.49. The van der Waals surface area contributed by atoms with E-state index in [9.17, 15) is 19.2 Å². The third kappa shape index (κ3) is 3.58. The summed E-state index contributed by atoms with van der Waals surface area (Å²) in [4.78, 5) is 54.0. The third-order valence-electron chi connectivity index (χ3n) is 5.08. The molecule has 0 radical (unpaired) electrons. The monoisotopic (exact) mass is 411 g/mol. The Morgan fingerprint density at radius 2 is 1.63 bits per heavy atom. The number of Topliss-reactive ketones (excluding diaryl/α,β-unsaturated/α-hetero) is 1. The number of carbonyl (C=O) groups is 2. The van der Waals surface area contributed by atoms with Crippen molar-refractivity contribution >= 4 is 28.5 Å². The Kier molecular flexibility index (Phi) is 5.23. The van der Waals surface area contributed by atoms with E-state index in [0.29, 0.717) is 11.3 Å². The van der Waals surface area contributed by atoms with Crippen LogP contribution in [0.2, 0.25) is 0 Å². The first kappa shape index (κ1) is 21.2. The fraction of sp³-hybridized carbons (Fsp3) is 0.381. The van der Waals surface area contributed by atoms with Gasteiger partial charge in [0.1, 0.15) is 0 Å². The summed E-state index contributed by atoms with van der Waals surface area (Å²) in [7, 11) is 2.91. The van der Waals surface area contributed by atoms with Gasteiger partial charge in [-0.05, 0) is 31.2 Å². The van der Waals surface area contributed by atoms with Gasteiger partial charge in [-0.25, -0.2) is 9.78 Å². The number of aromatic nitrogens is 4. The van der Waals surface area contributed by atoms with Crippen LogP contribution in [0.4, 0.5) is 5.69 Å². The standard InChI is InChI=1S/C21H25N5O4/c1-12(26-11-22-17-15(26)18(28)25(6)20(30)24(17)5)16(27)13-7-9-14(10-8-13)23-19(29)21(2,3)4/h7-12H,1-6H3,(H,23,29). The molecule has 0 aliphatic heterocycles. The molecule has 1 aromatic carbocycles. The van der Waals surface area contributed by atoms with Crippen LogP contribution in [0.5, 0.6) is 0 Å². The zero-order chi connectivity index (χ0) is 22.4. The second kappa shape index (κ2) is 7.40. The number of aryl methyl sites for hydroxylation is 1. The summed E-state index contributed by atoms with van der Waals surface area (Å²) in [5, 5.41) is 2.81. The average Bonchev–Trinajstić information content (AvgIpc) is 3.14. The number of rotatable bonds is 4. The molecule has 2 aromatic heterocycles. The Bertz CT molecular complexity index is 1260. The number of imidazole rings is 1. The molecule has 9 heteroatoms. The number of carbonyl (C=O) groups excluding carboxylic acids is 2. The fourth-order valence-corrected chi connectivity index (χ4v) is 3.06. The molecule has 1 unspecified atom stereocenters. The lowest BCUT2D eigenvalue weighted by Gasteiger charge is -2.18. The van der Waals surface area contributed by atoms with Crippen molar-refractivity contribution in [1.82, 2.24) is 18.7 Å². The lowest BCUT2D eigenvalue weighted by Crippen LogP contribution is -2.38. The minimum atomic E-state index is -0.713. The molecule has 3 aromatic rings. The van der Waals surface area contributed by atoms with Crippen LogP contribution in [0.25, 0.3) is 11.2 Å². The highest BCUT2D eigenvalue weighted by atomic mass is 16.2. The summed E-state index contributed by atoms with van der Waals surface area (Å²) in [6.07, 6.45) is 1.39. The zero-order valence-corrected chi connectivity index (χ0v) is 17.9. The fourth-order valence-electron chi connectivity index (χ4n) is 3.06. The minimum absolute atomic E-state index is 0.124. The lowest BCUT2D eigenvalue weighted by atomic mass is 9.95. The summed E-state index contributed by atoms with van der Waals surface area (Å²) in [5.41, 5.74) is -0.0824. The van der Waals surface area contributed by atoms with Crippen molar-refractivity contribution < 1.29 is 9.59 Å². The summed E-state index contributed by atoms with van der Waals surface area (Å²) >= 11 is 0. The Morgan fingerprint density at radius 3 is 2.20 bits per heavy atom. The van der Waals surface area contributed by atoms with E-state index in [1.165, 1.54) is 29.6 Å². The van der Waals surface area contributed by atoms with Gasteiger partial charge in [-0.3, -0.25) is 23.5 Å². The highest BCUT2D eigenvalue weighted by molar-refractivity contribution is 6.00. The smallest absolute Gasteiger partial charge is 0.326 e. The number of nitrogens with one attached hydrogen (secondary N) is 1. The molecular weight excluding hydrogens is 386 g/mol. The Morgan fingerprint density at radius 1 is 1.03 bits per heavy atom. The van der Waals surface area contributed by atoms with Crippen LogP contribution in [-0.4, -0.2) is 30.4 Å². The van der Waals surface area contributed by atoms with E-state index >= 15 is 0 Å². The van der Waals surface area contributed by atoms with Crippen LogP contribution in [-0.2, 0) is 18.9 Å². The van der Waals surface area contributed by atoms with Crippen LogP contribution in [0, 0.1) is 5.41 Å². The topological polar surface area (TPSA) is 108 Å². The number of ketones is 1. The van der Waals surface area contributed by atoms with Gasteiger partial charge in [-0.1, -0.05) is 20.8 Å². The third-order valence-corrected chi connectivity index (χ3v) is 5.08. The van der Waals surface area contributed by atoms with Crippen molar-refractivity contribution in [1.29, 1.82) is 0 Å². The van der Waals surface area contributed by atoms with Gasteiger partial charge in [0.25, 0.3) is 5.56 Å². The highest BCUT2D eigenvalue weighted by Crippen LogP contribution is 2.21. The predicted octanol–water partition coefficient (Wildman–Crippen LogP) is 1.86. The molecule has 0 spiro atoms. The van der Waals surface area contributed by atoms with E-state index < -0.39 is 22.7 Å². The molecule has 3 rings (SSSR count). The molecule has 0 saturated heterocycles. The maximum absolute atomic E-state index is 13.0. The predicted molar refractivity (Wildman–Crippen MR) is 114 cm³/mol. The molecule has 0 bridgehead atoms. The van der Waals surface area contributed by atoms with Crippen LogP contribution < -0.4 is 16.6 Å². The average molecular weight is 411 g/mol. The van der Waals surface area contributed by atoms with Crippen LogP contribution in [0.15, 0.2) is 40.2 Å². The number of anilines is 1. The first-order chi connectivity index (χ1) is 13.9. The van der Waals surface area contributed by atoms with Gasteiger partial charge in [0.05, 0.1) is 12.4 Å². The minimum Gasteiger partial charge on any atom is -0.326 e. The van der Waals surface area contributed by atoms with Crippen molar-refractivity contribution in [2.45, 2.75) is 33.7 Å². The number of fused-ring (bicyclic) bond motifs is 1. The van der Waals surface area contributed by atoms with E-state index in [1.807, 2.05) is 20.8 Å². The van der Waals surface area contributed by atoms with E-state index in [0.717, 1.165) is 4.57 Å². The zero-order valence-electron chi connectivity index (χ0n) is 17.9. The van der Waals surface area contributed by atoms with Crippen molar-refractivity contribution in [3.8, 4) is 0 Å². The van der Waals surface area contributed by atoms with Gasteiger partial charge < -0.3 is 9.88 Å². The van der Waals surface area contributed by atoms with Crippen molar-refractivity contribution in [2.75, 3.05) is 5.32 Å². The quantitative estimate of drug-likeness (QED) is 0.660. The number of amides is 1. The molecule has 1 amide bonds. The molecule has 158 valence electrons. The summed E-state index contributed by atoms with van der Waals surface area (Å²) in [6.45, 7) is 7.12. The second-order valence-corrected chi connectivity index (χ2v) is 8.35. The van der Waals surface area contributed by atoms with Crippen LogP contribution in [0.1, 0.15) is 44.1 Å². The molecule has 9 nitrogen and oxygen atoms in total. The molecule has 0 saturated carbocycles. The van der Waals surface area contributed by atoms with E-state index in [1.54, 1.807) is 31.2 Å². The van der Waals surface area contributed by atoms with Gasteiger partial charge >= 0.3 is 5.69 Å². The first-order valence-corrected chi connectivity index (χ1v) is 9.51. The van der Waals surface area contributed by atoms with Gasteiger partial charge in [0, 0.05) is 30.8 Å². The largest absolute Gasteiger partial charge is 0.332 e. The number of nitrogens with zero attached hydrogens (tertiary/aromatic N) is 4. The second-order valence-electron chi connectivity index (χ2n) is 8.35. The number of hydrogen-bond donors (Lipinski definition) is 1. The van der Waals surface area contributed by atoms with Gasteiger partial charge in [-0.2, -0.15) is 0 Å². The molecule has 0 aliphatic carbocycles. The van der Waals surface area contributed by atoms with E-state index in [2.05, 4.69) is 10.3 Å². The molecule has 1 N–H and O–H groups in total. The molecule has 2 heterocycles. The molecular formula is C21H25N5O4. The lowest BCUT2D eigenvalue weighted by molar-refractivity contribution is -0.123. The maximum atomic E-state index is 13.0. The molecule has 0 aliphatic rings. The van der Waals surface area contributed by atoms with Crippen LogP contribution in [0.3, 0.4) is 0 Å². The SMILES string of the molecule is CC(C(=O)c1ccc(NC(=O)C(C)(C)C)cc1)n1cnc2c1c(=O)n(C)c(=O)n2C. The molecule has 0 fully saturated rings. The summed E-state index contributed by atoms with van der Waals surface area (Å²) < 4.78 is 3.75. The molecule has 1 atom stereocenters. The summed E-state index contributed by atoms with van der Waals surface area (Å²) in [6, 6.07) is 5.88. The Balaban J connectivity index is 1.92. The van der Waals surface area contributed by atoms with E-state index in [-0.39, 0.29) is 22.9 Å². The number of benzene rings is 1. The molecule has 30 heavy (non-hydrogen) atoms. The number of hydrogen-bond acceptors (Lipinski definition) is 5.